The molecule has 0 fully saturated rings. The Bertz CT molecular complexity index is 1020. The minimum Gasteiger partial charge on any atom is -0.444 e. The molecule has 0 unspecified atom stereocenters. The maximum Gasteiger partial charge on any atom is 0.408 e. The van der Waals surface area contributed by atoms with E-state index in [4.69, 9.17) is 9.16 Å². The number of aliphatic hydroxyl groups is 1. The van der Waals surface area contributed by atoms with Crippen LogP contribution in [0, 0.1) is 0 Å². The van der Waals surface area contributed by atoms with E-state index in [2.05, 4.69) is 55.3 Å². The molecule has 2 aromatic carbocycles. The van der Waals surface area contributed by atoms with Gasteiger partial charge < -0.3 is 19.6 Å². The number of carbonyl (C=O) groups is 1. The average molecular weight is 513 g/mol. The molecule has 1 heterocycles. The highest BCUT2D eigenvalue weighted by Gasteiger charge is 2.50. The van der Waals surface area contributed by atoms with Crippen molar-refractivity contribution in [3.8, 4) is 0 Å². The zero-order chi connectivity index (χ0) is 25.7. The molecule has 0 bridgehead atoms. The molecular weight excluding hydrogens is 476 g/mol. The van der Waals surface area contributed by atoms with Crippen molar-refractivity contribution >= 4 is 36.1 Å². The molecule has 0 radical (unpaired) electrons. The molecule has 3 aromatic rings. The van der Waals surface area contributed by atoms with Crippen LogP contribution in [-0.2, 0) is 9.16 Å². The molecule has 0 aliphatic heterocycles. The third kappa shape index (κ3) is 6.58. The Hall–Kier alpha value is -2.52. The summed E-state index contributed by atoms with van der Waals surface area (Å²) in [4.78, 5) is 17.0. The maximum absolute atomic E-state index is 12.7. The van der Waals surface area contributed by atoms with Crippen molar-refractivity contribution in [2.75, 3.05) is 6.61 Å². The summed E-state index contributed by atoms with van der Waals surface area (Å²) in [6.45, 7) is 12.1. The van der Waals surface area contributed by atoms with E-state index in [1.807, 2.05) is 36.4 Å². The quantitative estimate of drug-likeness (QED) is 0.430. The molecule has 1 aromatic heterocycles. The van der Waals surface area contributed by atoms with Crippen molar-refractivity contribution < 1.29 is 19.1 Å². The number of rotatable bonds is 8. The van der Waals surface area contributed by atoms with Crippen LogP contribution in [-0.4, -0.2) is 42.8 Å². The topological polar surface area (TPSA) is 80.7 Å². The lowest BCUT2D eigenvalue weighted by Gasteiger charge is -2.44. The fraction of sp³-hybridized carbons (Fsp3) is 0.407. The summed E-state index contributed by atoms with van der Waals surface area (Å²) in [5.41, 5.74) is -0.667. The maximum atomic E-state index is 12.7. The van der Waals surface area contributed by atoms with Gasteiger partial charge in [0.25, 0.3) is 8.32 Å². The molecule has 3 rings (SSSR count). The van der Waals surface area contributed by atoms with Crippen LogP contribution in [0.25, 0.3) is 0 Å². The lowest BCUT2D eigenvalue weighted by atomic mass is 10.2. The smallest absolute Gasteiger partial charge is 0.408 e. The molecule has 188 valence electrons. The van der Waals surface area contributed by atoms with Crippen LogP contribution < -0.4 is 15.7 Å². The van der Waals surface area contributed by atoms with E-state index in [0.29, 0.717) is 5.01 Å². The van der Waals surface area contributed by atoms with Crippen molar-refractivity contribution in [2.24, 2.45) is 0 Å². The zero-order valence-electron chi connectivity index (χ0n) is 21.3. The molecule has 0 spiro atoms. The number of nitrogens with one attached hydrogen (secondary N) is 1. The molecule has 1 amide bonds. The fourth-order valence-electron chi connectivity index (χ4n) is 4.20. The predicted octanol–water partition coefficient (Wildman–Crippen LogP) is 4.65. The standard InChI is InChI=1S/C27H36N2O4SSi/c1-26(2,3)33-25(31)29-22(23(30)24-28-17-18-34-24)19-32-35(27(4,5)6,20-13-9-7-10-14-20)21-15-11-8-12-16-21/h7-18,22-23,30H,19H2,1-6H3,(H,29,31)/t22-,23+/m1/s1. The SMILES string of the molecule is CC(C)(C)OC(=O)N[C@H](CO[Si](c1ccccc1)(c1ccccc1)C(C)(C)C)[C@H](O)c1nccs1. The van der Waals surface area contributed by atoms with Gasteiger partial charge in [0.1, 0.15) is 16.7 Å². The number of hydrogen-bond acceptors (Lipinski definition) is 6. The Kier molecular flexibility index (Phi) is 8.53. The first-order chi connectivity index (χ1) is 16.4. The Labute approximate surface area is 213 Å². The molecule has 0 saturated carbocycles. The highest BCUT2D eigenvalue weighted by Crippen LogP contribution is 2.37. The summed E-state index contributed by atoms with van der Waals surface area (Å²) < 4.78 is 12.4. The molecule has 8 heteroatoms. The van der Waals surface area contributed by atoms with Gasteiger partial charge in [-0.2, -0.15) is 0 Å². The van der Waals surface area contributed by atoms with E-state index in [1.54, 1.807) is 32.3 Å². The minimum absolute atomic E-state index is 0.0905. The second kappa shape index (κ2) is 11.0. The molecular formula is C27H36N2O4SSi. The van der Waals surface area contributed by atoms with Gasteiger partial charge in [0.2, 0.25) is 0 Å². The molecule has 35 heavy (non-hydrogen) atoms. The van der Waals surface area contributed by atoms with Gasteiger partial charge >= 0.3 is 6.09 Å². The number of nitrogens with zero attached hydrogens (tertiary/aromatic N) is 1. The van der Waals surface area contributed by atoms with Gasteiger partial charge in [-0.05, 0) is 36.2 Å². The van der Waals surface area contributed by atoms with Gasteiger partial charge in [0.05, 0.1) is 12.6 Å². The molecule has 0 aliphatic carbocycles. The van der Waals surface area contributed by atoms with Gasteiger partial charge in [-0.15, -0.1) is 11.3 Å². The molecule has 2 atom stereocenters. The van der Waals surface area contributed by atoms with Crippen molar-refractivity contribution in [1.29, 1.82) is 0 Å². The average Bonchev–Trinajstić information content (AvgIpc) is 3.32. The number of carbonyl (C=O) groups excluding carboxylic acids is 1. The third-order valence-electron chi connectivity index (χ3n) is 5.68. The highest BCUT2D eigenvalue weighted by atomic mass is 32.1. The Balaban J connectivity index is 2.01. The summed E-state index contributed by atoms with van der Waals surface area (Å²) in [5, 5.41) is 18.3. The van der Waals surface area contributed by atoms with Crippen LogP contribution in [0.3, 0.4) is 0 Å². The number of benzene rings is 2. The van der Waals surface area contributed by atoms with E-state index in [0.717, 1.165) is 10.4 Å². The molecule has 0 aliphatic rings. The second-order valence-corrected chi connectivity index (χ2v) is 15.8. The predicted molar refractivity (Wildman–Crippen MR) is 144 cm³/mol. The van der Waals surface area contributed by atoms with Gasteiger partial charge in [0.15, 0.2) is 0 Å². The normalized spacial score (nSPS) is 14.3. The monoisotopic (exact) mass is 512 g/mol. The highest BCUT2D eigenvalue weighted by molar-refractivity contribution is 7.09. The van der Waals surface area contributed by atoms with Crippen LogP contribution in [0.15, 0.2) is 72.2 Å². The van der Waals surface area contributed by atoms with E-state index in [9.17, 15) is 9.90 Å². The van der Waals surface area contributed by atoms with Gasteiger partial charge in [-0.25, -0.2) is 9.78 Å². The number of ether oxygens (including phenoxy) is 1. The van der Waals surface area contributed by atoms with Crippen LogP contribution in [0.2, 0.25) is 5.04 Å². The minimum atomic E-state index is -2.86. The Morgan fingerprint density at radius 1 is 1.00 bits per heavy atom. The fourth-order valence-corrected chi connectivity index (χ4v) is 9.47. The van der Waals surface area contributed by atoms with Gasteiger partial charge in [0, 0.05) is 11.6 Å². The molecule has 6 nitrogen and oxygen atoms in total. The Morgan fingerprint density at radius 3 is 1.97 bits per heavy atom. The number of thiazole rings is 1. The summed E-state index contributed by atoms with van der Waals surface area (Å²) in [5.74, 6) is 0. The second-order valence-electron chi connectivity index (χ2n) is 10.5. The van der Waals surface area contributed by atoms with Crippen molar-refractivity contribution in [3.63, 3.8) is 0 Å². The van der Waals surface area contributed by atoms with E-state index >= 15 is 0 Å². The zero-order valence-corrected chi connectivity index (χ0v) is 23.1. The number of aliphatic hydroxyl groups excluding tert-OH is 1. The van der Waals surface area contributed by atoms with Crippen LogP contribution >= 0.6 is 11.3 Å². The lowest BCUT2D eigenvalue weighted by Crippen LogP contribution is -2.67. The summed E-state index contributed by atoms with van der Waals surface area (Å²) in [6, 6.07) is 19.8. The number of aromatic nitrogens is 1. The van der Waals surface area contributed by atoms with E-state index in [1.165, 1.54) is 11.3 Å². The van der Waals surface area contributed by atoms with Crippen molar-refractivity contribution in [1.82, 2.24) is 10.3 Å². The first kappa shape index (κ1) is 27.1. The van der Waals surface area contributed by atoms with Gasteiger partial charge in [-0.1, -0.05) is 81.4 Å². The Morgan fingerprint density at radius 2 is 1.54 bits per heavy atom. The number of amides is 1. The lowest BCUT2D eigenvalue weighted by molar-refractivity contribution is 0.0360. The van der Waals surface area contributed by atoms with Crippen LogP contribution in [0.4, 0.5) is 4.79 Å². The van der Waals surface area contributed by atoms with Crippen molar-refractivity contribution in [3.05, 3.63) is 77.2 Å². The van der Waals surface area contributed by atoms with Crippen LogP contribution in [0.1, 0.15) is 52.7 Å². The first-order valence-corrected chi connectivity index (χ1v) is 14.5. The largest absolute Gasteiger partial charge is 0.444 e. The molecule has 0 saturated heterocycles. The van der Waals surface area contributed by atoms with E-state index in [-0.39, 0.29) is 11.6 Å². The number of hydrogen-bond donors (Lipinski definition) is 2. The summed E-state index contributed by atoms with van der Waals surface area (Å²) in [6.07, 6.45) is -0.0126. The summed E-state index contributed by atoms with van der Waals surface area (Å²) >= 11 is 1.33. The van der Waals surface area contributed by atoms with Crippen molar-refractivity contribution in [2.45, 2.75) is 64.3 Å². The molecule has 2 N–H and O–H groups in total. The summed E-state index contributed by atoms with van der Waals surface area (Å²) in [7, 11) is -2.86. The number of alkyl carbamates (subject to hydrolysis) is 1. The van der Waals surface area contributed by atoms with Gasteiger partial charge in [-0.3, -0.25) is 0 Å². The van der Waals surface area contributed by atoms with E-state index < -0.39 is 32.2 Å². The first-order valence-electron chi connectivity index (χ1n) is 11.8. The van der Waals surface area contributed by atoms with Crippen LogP contribution in [0.5, 0.6) is 0 Å². The third-order valence-corrected chi connectivity index (χ3v) is 11.5.